The number of carbonyl (C=O) groups is 1. The standard InChI is InChI=1S/C24H22BrN3O2/c1-24(2,3)27-22(29)21-20-18(13-14-26-20)19(15-9-11-16(25)12-10-15)23(30)28(21)17-7-5-4-6-8-17/h4-14,26H,1-3H3,(H,27,29). The van der Waals surface area contributed by atoms with Crippen LogP contribution in [-0.4, -0.2) is 21.0 Å². The molecule has 0 aliphatic heterocycles. The second kappa shape index (κ2) is 7.61. The predicted molar refractivity (Wildman–Crippen MR) is 124 cm³/mol. The van der Waals surface area contributed by atoms with Gasteiger partial charge in [0.05, 0.1) is 11.1 Å². The van der Waals surface area contributed by atoms with Gasteiger partial charge in [0.15, 0.2) is 0 Å². The maximum atomic E-state index is 13.8. The van der Waals surface area contributed by atoms with Crippen LogP contribution in [0.1, 0.15) is 31.3 Å². The number of benzene rings is 2. The molecule has 0 saturated heterocycles. The Bertz CT molecular complexity index is 1280. The summed E-state index contributed by atoms with van der Waals surface area (Å²) in [5.74, 6) is -0.307. The maximum Gasteiger partial charge on any atom is 0.270 e. The van der Waals surface area contributed by atoms with Crippen molar-refractivity contribution in [1.29, 1.82) is 0 Å². The van der Waals surface area contributed by atoms with Gasteiger partial charge in [-0.1, -0.05) is 46.3 Å². The highest BCUT2D eigenvalue weighted by Crippen LogP contribution is 2.29. The summed E-state index contributed by atoms with van der Waals surface area (Å²) >= 11 is 3.45. The van der Waals surface area contributed by atoms with Crippen molar-refractivity contribution < 1.29 is 4.79 Å². The molecule has 4 rings (SSSR count). The average molecular weight is 464 g/mol. The lowest BCUT2D eigenvalue weighted by Crippen LogP contribution is -2.43. The number of nitrogens with zero attached hydrogens (tertiary/aromatic N) is 1. The number of rotatable bonds is 3. The van der Waals surface area contributed by atoms with Gasteiger partial charge >= 0.3 is 0 Å². The third-order valence-corrected chi connectivity index (χ3v) is 5.27. The summed E-state index contributed by atoms with van der Waals surface area (Å²) in [6.07, 6.45) is 1.76. The van der Waals surface area contributed by atoms with Crippen LogP contribution in [0.4, 0.5) is 0 Å². The second-order valence-corrected chi connectivity index (χ2v) is 9.09. The van der Waals surface area contributed by atoms with Crippen molar-refractivity contribution in [2.75, 3.05) is 0 Å². The Hall–Kier alpha value is -3.12. The topological polar surface area (TPSA) is 66.9 Å². The normalized spacial score (nSPS) is 11.6. The van der Waals surface area contributed by atoms with E-state index in [-0.39, 0.29) is 11.5 Å². The first-order chi connectivity index (χ1) is 14.3. The minimum absolute atomic E-state index is 0.241. The Morgan fingerprint density at radius 3 is 2.30 bits per heavy atom. The van der Waals surface area contributed by atoms with E-state index in [1.807, 2.05) is 81.4 Å². The molecule has 0 bridgehead atoms. The van der Waals surface area contributed by atoms with Gasteiger partial charge in [-0.3, -0.25) is 14.2 Å². The molecule has 0 atom stereocenters. The van der Waals surface area contributed by atoms with Crippen LogP contribution in [-0.2, 0) is 0 Å². The second-order valence-electron chi connectivity index (χ2n) is 8.18. The van der Waals surface area contributed by atoms with Gasteiger partial charge in [-0.25, -0.2) is 0 Å². The Kier molecular flexibility index (Phi) is 5.12. The molecule has 2 aromatic carbocycles. The lowest BCUT2D eigenvalue weighted by atomic mass is 10.0. The van der Waals surface area contributed by atoms with Crippen LogP contribution in [0.25, 0.3) is 27.7 Å². The van der Waals surface area contributed by atoms with Crippen molar-refractivity contribution in [3.8, 4) is 16.8 Å². The Morgan fingerprint density at radius 1 is 1.00 bits per heavy atom. The molecule has 5 nitrogen and oxygen atoms in total. The summed E-state index contributed by atoms with van der Waals surface area (Å²) in [4.78, 5) is 30.3. The number of aromatic nitrogens is 2. The van der Waals surface area contributed by atoms with Gasteiger partial charge in [-0.05, 0) is 56.7 Å². The molecule has 30 heavy (non-hydrogen) atoms. The third-order valence-electron chi connectivity index (χ3n) is 4.74. The number of para-hydroxylation sites is 1. The van der Waals surface area contributed by atoms with Gasteiger partial charge in [0.2, 0.25) is 0 Å². The van der Waals surface area contributed by atoms with Crippen molar-refractivity contribution in [2.45, 2.75) is 26.3 Å². The van der Waals surface area contributed by atoms with Crippen LogP contribution >= 0.6 is 15.9 Å². The van der Waals surface area contributed by atoms with E-state index in [0.29, 0.717) is 27.8 Å². The highest BCUT2D eigenvalue weighted by molar-refractivity contribution is 9.10. The van der Waals surface area contributed by atoms with Crippen LogP contribution in [0, 0.1) is 0 Å². The number of aromatic amines is 1. The molecule has 2 N–H and O–H groups in total. The highest BCUT2D eigenvalue weighted by Gasteiger charge is 2.26. The number of fused-ring (bicyclic) bond motifs is 1. The molecule has 0 aliphatic carbocycles. The number of amides is 1. The van der Waals surface area contributed by atoms with Gasteiger partial charge < -0.3 is 10.3 Å². The largest absolute Gasteiger partial charge is 0.359 e. The molecule has 152 valence electrons. The van der Waals surface area contributed by atoms with Gasteiger partial charge in [0.1, 0.15) is 5.69 Å². The fraction of sp³-hybridized carbons (Fsp3) is 0.167. The first kappa shape index (κ1) is 20.2. The van der Waals surface area contributed by atoms with Crippen LogP contribution in [0.3, 0.4) is 0 Å². The molecule has 0 unspecified atom stereocenters. The van der Waals surface area contributed by atoms with E-state index in [0.717, 1.165) is 10.0 Å². The Labute approximate surface area is 182 Å². The van der Waals surface area contributed by atoms with Crippen LogP contribution in [0.2, 0.25) is 0 Å². The van der Waals surface area contributed by atoms with E-state index in [1.54, 1.807) is 6.20 Å². The molecule has 4 aromatic rings. The van der Waals surface area contributed by atoms with Crippen molar-refractivity contribution in [3.63, 3.8) is 0 Å². The Balaban J connectivity index is 2.10. The molecular formula is C24H22BrN3O2. The van der Waals surface area contributed by atoms with Crippen molar-refractivity contribution in [1.82, 2.24) is 14.9 Å². The van der Waals surface area contributed by atoms with Gasteiger partial charge in [0.25, 0.3) is 11.5 Å². The molecule has 0 radical (unpaired) electrons. The van der Waals surface area contributed by atoms with E-state index in [1.165, 1.54) is 4.57 Å². The van der Waals surface area contributed by atoms with E-state index in [4.69, 9.17) is 0 Å². The number of hydrogen-bond donors (Lipinski definition) is 2. The summed E-state index contributed by atoms with van der Waals surface area (Å²) in [5, 5.41) is 3.71. The summed E-state index contributed by atoms with van der Waals surface area (Å²) in [6.45, 7) is 5.74. The quantitative estimate of drug-likeness (QED) is 0.434. The predicted octanol–water partition coefficient (Wildman–Crippen LogP) is 5.28. The third kappa shape index (κ3) is 3.71. The van der Waals surface area contributed by atoms with Crippen molar-refractivity contribution >= 4 is 32.7 Å². The number of carbonyl (C=O) groups excluding carboxylic acids is 1. The zero-order valence-electron chi connectivity index (χ0n) is 17.0. The van der Waals surface area contributed by atoms with E-state index >= 15 is 0 Å². The molecule has 6 heteroatoms. The smallest absolute Gasteiger partial charge is 0.270 e. The summed E-state index contributed by atoms with van der Waals surface area (Å²) in [5.41, 5.74) is 2.21. The number of halogens is 1. The zero-order chi connectivity index (χ0) is 21.5. The van der Waals surface area contributed by atoms with E-state index in [9.17, 15) is 9.59 Å². The highest BCUT2D eigenvalue weighted by atomic mass is 79.9. The number of pyridine rings is 1. The van der Waals surface area contributed by atoms with Crippen molar-refractivity contribution in [2.24, 2.45) is 0 Å². The lowest BCUT2D eigenvalue weighted by Gasteiger charge is -2.23. The molecule has 0 aliphatic rings. The minimum Gasteiger partial charge on any atom is -0.359 e. The molecule has 0 fully saturated rings. The Morgan fingerprint density at radius 2 is 1.67 bits per heavy atom. The first-order valence-electron chi connectivity index (χ1n) is 9.66. The van der Waals surface area contributed by atoms with Gasteiger partial charge in [-0.15, -0.1) is 0 Å². The molecule has 2 heterocycles. The van der Waals surface area contributed by atoms with Crippen LogP contribution < -0.4 is 10.9 Å². The van der Waals surface area contributed by atoms with Gasteiger partial charge in [-0.2, -0.15) is 0 Å². The fourth-order valence-electron chi connectivity index (χ4n) is 3.55. The van der Waals surface area contributed by atoms with Crippen LogP contribution in [0.15, 0.2) is 76.1 Å². The lowest BCUT2D eigenvalue weighted by molar-refractivity contribution is 0.0913. The molecule has 0 saturated carbocycles. The number of hydrogen-bond acceptors (Lipinski definition) is 2. The average Bonchev–Trinajstić information content (AvgIpc) is 3.16. The monoisotopic (exact) mass is 463 g/mol. The van der Waals surface area contributed by atoms with Crippen molar-refractivity contribution in [3.05, 3.63) is 87.4 Å². The van der Waals surface area contributed by atoms with E-state index in [2.05, 4.69) is 26.2 Å². The maximum absolute atomic E-state index is 13.8. The minimum atomic E-state index is -0.446. The van der Waals surface area contributed by atoms with Crippen LogP contribution in [0.5, 0.6) is 0 Å². The van der Waals surface area contributed by atoms with E-state index < -0.39 is 5.54 Å². The molecular weight excluding hydrogens is 442 g/mol. The molecule has 2 aromatic heterocycles. The first-order valence-corrected chi connectivity index (χ1v) is 10.5. The number of H-pyrrole nitrogens is 1. The number of nitrogens with one attached hydrogen (secondary N) is 2. The summed E-state index contributed by atoms with van der Waals surface area (Å²) in [7, 11) is 0. The summed E-state index contributed by atoms with van der Waals surface area (Å²) < 4.78 is 2.43. The molecule has 1 amide bonds. The summed E-state index contributed by atoms with van der Waals surface area (Å²) in [6, 6.07) is 18.7. The van der Waals surface area contributed by atoms with Gasteiger partial charge in [0, 0.05) is 27.3 Å². The molecule has 0 spiro atoms. The SMILES string of the molecule is CC(C)(C)NC(=O)c1c2[nH]ccc2c(-c2ccc(Br)cc2)c(=O)n1-c1ccccc1. The fourth-order valence-corrected chi connectivity index (χ4v) is 3.81. The zero-order valence-corrected chi connectivity index (χ0v) is 18.6.